The Labute approximate surface area is 138 Å². The molecule has 1 aliphatic carbocycles. The number of amides is 2. The van der Waals surface area contributed by atoms with E-state index in [0.29, 0.717) is 31.0 Å². The molecule has 0 spiro atoms. The lowest BCUT2D eigenvalue weighted by Crippen LogP contribution is -2.33. The number of likely N-dealkylation sites (tertiary alicyclic amines) is 1. The molecule has 0 unspecified atom stereocenters. The molecule has 1 saturated heterocycles. The van der Waals surface area contributed by atoms with Crippen LogP contribution in [0.15, 0.2) is 41.2 Å². The molecule has 0 bridgehead atoms. The third-order valence-electron chi connectivity index (χ3n) is 4.55. The number of rotatable bonds is 4. The lowest BCUT2D eigenvalue weighted by Gasteiger charge is -2.14. The first-order valence-corrected chi connectivity index (χ1v) is 7.97. The van der Waals surface area contributed by atoms with Crippen molar-refractivity contribution in [2.75, 3.05) is 6.54 Å². The van der Waals surface area contributed by atoms with Crippen molar-refractivity contribution >= 4 is 11.8 Å². The Kier molecular flexibility index (Phi) is 3.68. The molecule has 7 nitrogen and oxygen atoms in total. The predicted molar refractivity (Wildman–Crippen MR) is 83.3 cm³/mol. The van der Waals surface area contributed by atoms with Gasteiger partial charge in [0.1, 0.15) is 0 Å². The predicted octanol–water partition coefficient (Wildman–Crippen LogP) is 1.63. The summed E-state index contributed by atoms with van der Waals surface area (Å²) >= 11 is 0. The third-order valence-corrected chi connectivity index (χ3v) is 4.55. The quantitative estimate of drug-likeness (QED) is 0.627. The lowest BCUT2D eigenvalue weighted by molar-refractivity contribution is -0.139. The Balaban J connectivity index is 1.43. The first kappa shape index (κ1) is 14.7. The van der Waals surface area contributed by atoms with E-state index in [2.05, 4.69) is 15.1 Å². The first-order valence-electron chi connectivity index (χ1n) is 7.97. The molecule has 1 aliphatic heterocycles. The molecule has 0 aromatic carbocycles. The van der Waals surface area contributed by atoms with Crippen LogP contribution in [0.4, 0.5) is 0 Å². The molecule has 2 aromatic rings. The van der Waals surface area contributed by atoms with Gasteiger partial charge in [-0.15, -0.1) is 0 Å². The maximum absolute atomic E-state index is 12.4. The highest BCUT2D eigenvalue weighted by atomic mass is 16.5. The number of carbonyl (C=O) groups is 2. The molecule has 0 saturated carbocycles. The minimum Gasteiger partial charge on any atom is -0.339 e. The van der Waals surface area contributed by atoms with E-state index in [4.69, 9.17) is 4.52 Å². The Morgan fingerprint density at radius 2 is 1.75 bits per heavy atom. The van der Waals surface area contributed by atoms with E-state index in [1.165, 1.54) is 4.90 Å². The SMILES string of the molecule is O=C1[C@@H]2CC=CC[C@H]2C(=O)N1CCc1nc(-c2ccncc2)no1. The second-order valence-corrected chi connectivity index (χ2v) is 5.98. The lowest BCUT2D eigenvalue weighted by atomic mass is 9.85. The summed E-state index contributed by atoms with van der Waals surface area (Å²) in [5.41, 5.74) is 0.811. The van der Waals surface area contributed by atoms with Gasteiger partial charge in [-0.2, -0.15) is 4.98 Å². The maximum atomic E-state index is 12.4. The highest BCUT2D eigenvalue weighted by Crippen LogP contribution is 2.35. The van der Waals surface area contributed by atoms with E-state index in [0.717, 1.165) is 5.56 Å². The van der Waals surface area contributed by atoms with E-state index in [1.807, 2.05) is 12.2 Å². The standard InChI is InChI=1S/C17H16N4O3/c22-16-12-3-1-2-4-13(12)17(23)21(16)10-7-14-19-15(20-24-14)11-5-8-18-9-6-11/h1-2,5-6,8-9,12-13H,3-4,7,10H2/t12-,13-/m1/s1. The van der Waals surface area contributed by atoms with E-state index in [-0.39, 0.29) is 30.2 Å². The van der Waals surface area contributed by atoms with Gasteiger partial charge in [0.2, 0.25) is 23.5 Å². The third kappa shape index (κ3) is 2.51. The number of hydrogen-bond donors (Lipinski definition) is 0. The average molecular weight is 324 g/mol. The van der Waals surface area contributed by atoms with Crippen molar-refractivity contribution in [3.05, 3.63) is 42.6 Å². The summed E-state index contributed by atoms with van der Waals surface area (Å²) in [6.07, 6.45) is 8.94. The number of imide groups is 1. The van der Waals surface area contributed by atoms with Crippen molar-refractivity contribution in [3.63, 3.8) is 0 Å². The van der Waals surface area contributed by atoms with Gasteiger partial charge in [-0.1, -0.05) is 17.3 Å². The number of carbonyl (C=O) groups excluding carboxylic acids is 2. The summed E-state index contributed by atoms with van der Waals surface area (Å²) < 4.78 is 5.22. The highest BCUT2D eigenvalue weighted by molar-refractivity contribution is 6.05. The van der Waals surface area contributed by atoms with Crippen molar-refractivity contribution in [2.45, 2.75) is 19.3 Å². The van der Waals surface area contributed by atoms with Crippen molar-refractivity contribution in [2.24, 2.45) is 11.8 Å². The van der Waals surface area contributed by atoms with E-state index >= 15 is 0 Å². The van der Waals surface area contributed by atoms with E-state index in [9.17, 15) is 9.59 Å². The van der Waals surface area contributed by atoms with Gasteiger partial charge in [-0.3, -0.25) is 19.5 Å². The monoisotopic (exact) mass is 324 g/mol. The second-order valence-electron chi connectivity index (χ2n) is 5.98. The number of fused-ring (bicyclic) bond motifs is 1. The molecule has 4 rings (SSSR count). The van der Waals surface area contributed by atoms with Crippen LogP contribution in [0.25, 0.3) is 11.4 Å². The topological polar surface area (TPSA) is 89.2 Å². The Hall–Kier alpha value is -2.83. The zero-order valence-corrected chi connectivity index (χ0v) is 13.0. The molecule has 24 heavy (non-hydrogen) atoms. The summed E-state index contributed by atoms with van der Waals surface area (Å²) in [6.45, 7) is 0.280. The average Bonchev–Trinajstić information content (AvgIpc) is 3.19. The fourth-order valence-electron chi connectivity index (χ4n) is 3.27. The number of allylic oxidation sites excluding steroid dienone is 2. The van der Waals surface area contributed by atoms with Crippen LogP contribution in [0.2, 0.25) is 0 Å². The number of pyridine rings is 1. The molecule has 2 aliphatic rings. The minimum absolute atomic E-state index is 0.0803. The molecule has 122 valence electrons. The smallest absolute Gasteiger partial charge is 0.233 e. The molecular weight excluding hydrogens is 308 g/mol. The zero-order chi connectivity index (χ0) is 16.5. The number of nitrogens with zero attached hydrogens (tertiary/aromatic N) is 4. The molecule has 2 amide bonds. The molecule has 1 fully saturated rings. The van der Waals surface area contributed by atoms with Gasteiger partial charge in [0.25, 0.3) is 0 Å². The highest BCUT2D eigenvalue weighted by Gasteiger charge is 2.46. The minimum atomic E-state index is -0.197. The van der Waals surface area contributed by atoms with Crippen LogP contribution in [0.1, 0.15) is 18.7 Å². The fourth-order valence-corrected chi connectivity index (χ4v) is 3.27. The van der Waals surface area contributed by atoms with Crippen LogP contribution in [-0.4, -0.2) is 38.4 Å². The molecule has 0 radical (unpaired) electrons. The summed E-state index contributed by atoms with van der Waals surface area (Å²) in [4.78, 5) is 34.4. The Bertz CT molecular complexity index is 773. The van der Waals surface area contributed by atoms with Crippen LogP contribution in [0, 0.1) is 11.8 Å². The second kappa shape index (κ2) is 5.99. The Morgan fingerprint density at radius 1 is 1.08 bits per heavy atom. The molecular formula is C17H16N4O3. The molecule has 0 N–H and O–H groups in total. The van der Waals surface area contributed by atoms with Gasteiger partial charge in [0.05, 0.1) is 11.8 Å². The largest absolute Gasteiger partial charge is 0.339 e. The van der Waals surface area contributed by atoms with Crippen molar-refractivity contribution in [3.8, 4) is 11.4 Å². The normalized spacial score (nSPS) is 22.9. The van der Waals surface area contributed by atoms with E-state index < -0.39 is 0 Å². The summed E-state index contributed by atoms with van der Waals surface area (Å²) in [7, 11) is 0. The van der Waals surface area contributed by atoms with Crippen molar-refractivity contribution in [1.29, 1.82) is 0 Å². The summed E-state index contributed by atoms with van der Waals surface area (Å²) in [5.74, 6) is 0.335. The van der Waals surface area contributed by atoms with E-state index in [1.54, 1.807) is 24.5 Å². The number of aromatic nitrogens is 3. The van der Waals surface area contributed by atoms with Crippen LogP contribution in [0.5, 0.6) is 0 Å². The van der Waals surface area contributed by atoms with Gasteiger partial charge in [0.15, 0.2) is 0 Å². The van der Waals surface area contributed by atoms with Gasteiger partial charge < -0.3 is 4.52 Å². The van der Waals surface area contributed by atoms with Crippen LogP contribution >= 0.6 is 0 Å². The van der Waals surface area contributed by atoms with Gasteiger partial charge in [-0.25, -0.2) is 0 Å². The first-order chi connectivity index (χ1) is 11.7. The van der Waals surface area contributed by atoms with Gasteiger partial charge >= 0.3 is 0 Å². The molecule has 2 atom stereocenters. The van der Waals surface area contributed by atoms with Gasteiger partial charge in [0, 0.05) is 30.9 Å². The van der Waals surface area contributed by atoms with Crippen molar-refractivity contribution < 1.29 is 14.1 Å². The van der Waals surface area contributed by atoms with Crippen LogP contribution < -0.4 is 0 Å². The molecule has 2 aromatic heterocycles. The van der Waals surface area contributed by atoms with Gasteiger partial charge in [-0.05, 0) is 25.0 Å². The fraction of sp³-hybridized carbons (Fsp3) is 0.353. The van der Waals surface area contributed by atoms with Crippen molar-refractivity contribution in [1.82, 2.24) is 20.0 Å². The maximum Gasteiger partial charge on any atom is 0.233 e. The van der Waals surface area contributed by atoms with Crippen LogP contribution in [-0.2, 0) is 16.0 Å². The van der Waals surface area contributed by atoms with Crippen LogP contribution in [0.3, 0.4) is 0 Å². The molecule has 7 heteroatoms. The summed E-state index contributed by atoms with van der Waals surface area (Å²) in [5, 5.41) is 3.93. The Morgan fingerprint density at radius 3 is 2.42 bits per heavy atom. The zero-order valence-electron chi connectivity index (χ0n) is 13.0. The number of hydrogen-bond acceptors (Lipinski definition) is 6. The summed E-state index contributed by atoms with van der Waals surface area (Å²) in [6, 6.07) is 3.58. The molecule has 3 heterocycles.